The number of hydrogen-bond acceptors (Lipinski definition) is 4. The molecule has 0 bridgehead atoms. The van der Waals surface area contributed by atoms with Crippen LogP contribution < -0.4 is 9.64 Å². The molecule has 2 heterocycles. The van der Waals surface area contributed by atoms with E-state index < -0.39 is 5.97 Å². The molecule has 0 radical (unpaired) electrons. The molecular formula is C21H28ClNO4. The number of carboxylic acids is 1. The average Bonchev–Trinajstić information content (AvgIpc) is 2.62. The third kappa shape index (κ3) is 4.35. The average molecular weight is 394 g/mol. The Balaban J connectivity index is 1.35. The molecule has 3 aliphatic rings. The molecule has 5 nitrogen and oxygen atoms in total. The standard InChI is InChI=1S/C21H28ClNO4/c22-18-5-4-17(27-16-2-1-3-16)13-19(18)23-10-8-21(9-11-23)7-6-15(14-26-21)12-20(24)25/h4-5,13,15-16H,1-3,6-12,14H2,(H,24,25)/t15-/m1/s1. The predicted octanol–water partition coefficient (Wildman–Crippen LogP) is 4.51. The lowest BCUT2D eigenvalue weighted by Gasteiger charge is -2.46. The fourth-order valence-electron chi connectivity index (χ4n) is 4.36. The van der Waals surface area contributed by atoms with Crippen molar-refractivity contribution >= 4 is 23.3 Å². The van der Waals surface area contributed by atoms with Gasteiger partial charge in [-0.15, -0.1) is 0 Å². The van der Waals surface area contributed by atoms with Gasteiger partial charge in [0.15, 0.2) is 0 Å². The number of aliphatic carboxylic acids is 1. The maximum Gasteiger partial charge on any atom is 0.303 e. The lowest BCUT2D eigenvalue weighted by atomic mass is 9.81. The Labute approximate surface area is 165 Å². The first kappa shape index (κ1) is 18.9. The van der Waals surface area contributed by atoms with E-state index in [0.717, 1.165) is 68.1 Å². The topological polar surface area (TPSA) is 59.0 Å². The van der Waals surface area contributed by atoms with Gasteiger partial charge in [0.05, 0.1) is 35.4 Å². The molecule has 1 spiro atoms. The fraction of sp³-hybridized carbons (Fsp3) is 0.667. The van der Waals surface area contributed by atoms with Gasteiger partial charge in [0, 0.05) is 19.2 Å². The minimum absolute atomic E-state index is 0.0853. The van der Waals surface area contributed by atoms with Crippen LogP contribution in [0.1, 0.15) is 51.4 Å². The Morgan fingerprint density at radius 1 is 1.26 bits per heavy atom. The summed E-state index contributed by atoms with van der Waals surface area (Å²) in [6.45, 7) is 2.37. The molecular weight excluding hydrogens is 366 g/mol. The highest BCUT2D eigenvalue weighted by atomic mass is 35.5. The van der Waals surface area contributed by atoms with Crippen LogP contribution in [-0.4, -0.2) is 42.5 Å². The van der Waals surface area contributed by atoms with E-state index in [4.69, 9.17) is 26.2 Å². The molecule has 4 rings (SSSR count). The number of piperidine rings is 1. The van der Waals surface area contributed by atoms with E-state index in [-0.39, 0.29) is 17.9 Å². The van der Waals surface area contributed by atoms with Crippen molar-refractivity contribution in [3.8, 4) is 5.75 Å². The van der Waals surface area contributed by atoms with Crippen molar-refractivity contribution in [1.29, 1.82) is 0 Å². The molecule has 1 N–H and O–H groups in total. The Kier molecular flexibility index (Phi) is 5.51. The van der Waals surface area contributed by atoms with E-state index in [1.807, 2.05) is 12.1 Å². The molecule has 148 valence electrons. The van der Waals surface area contributed by atoms with Gasteiger partial charge in [-0.1, -0.05) is 11.6 Å². The van der Waals surface area contributed by atoms with Crippen molar-refractivity contribution in [3.05, 3.63) is 23.2 Å². The quantitative estimate of drug-likeness (QED) is 0.797. The Bertz CT molecular complexity index is 673. The number of carbonyl (C=O) groups is 1. The largest absolute Gasteiger partial charge is 0.490 e. The van der Waals surface area contributed by atoms with Crippen LogP contribution in [0.3, 0.4) is 0 Å². The summed E-state index contributed by atoms with van der Waals surface area (Å²) < 4.78 is 12.2. The van der Waals surface area contributed by atoms with Gasteiger partial charge in [0.2, 0.25) is 0 Å². The molecule has 1 aromatic carbocycles. The lowest BCUT2D eigenvalue weighted by Crippen LogP contribution is -2.49. The Morgan fingerprint density at radius 2 is 2.04 bits per heavy atom. The van der Waals surface area contributed by atoms with Crippen LogP contribution in [0, 0.1) is 5.92 Å². The zero-order chi connectivity index (χ0) is 18.9. The molecule has 27 heavy (non-hydrogen) atoms. The van der Waals surface area contributed by atoms with Crippen LogP contribution in [0.25, 0.3) is 0 Å². The van der Waals surface area contributed by atoms with Crippen LogP contribution in [-0.2, 0) is 9.53 Å². The predicted molar refractivity (Wildman–Crippen MR) is 105 cm³/mol. The van der Waals surface area contributed by atoms with Gasteiger partial charge in [-0.05, 0) is 63.0 Å². The maximum atomic E-state index is 10.9. The number of rotatable bonds is 5. The van der Waals surface area contributed by atoms with E-state index >= 15 is 0 Å². The summed E-state index contributed by atoms with van der Waals surface area (Å²) in [6.07, 6.45) is 7.92. The minimum Gasteiger partial charge on any atom is -0.490 e. The summed E-state index contributed by atoms with van der Waals surface area (Å²) in [6, 6.07) is 5.97. The number of benzene rings is 1. The fourth-order valence-corrected chi connectivity index (χ4v) is 4.60. The number of nitrogens with zero attached hydrogens (tertiary/aromatic N) is 1. The van der Waals surface area contributed by atoms with E-state index in [1.165, 1.54) is 6.42 Å². The summed E-state index contributed by atoms with van der Waals surface area (Å²) in [5, 5.41) is 9.73. The molecule has 6 heteroatoms. The first-order valence-electron chi connectivity index (χ1n) is 10.1. The number of halogens is 1. The van der Waals surface area contributed by atoms with Crippen molar-refractivity contribution in [2.24, 2.45) is 5.92 Å². The second-order valence-electron chi connectivity index (χ2n) is 8.27. The highest BCUT2D eigenvalue weighted by Crippen LogP contribution is 2.40. The molecule has 1 aliphatic carbocycles. The summed E-state index contributed by atoms with van der Waals surface area (Å²) in [4.78, 5) is 13.2. The van der Waals surface area contributed by atoms with Crippen LogP contribution in [0.2, 0.25) is 5.02 Å². The van der Waals surface area contributed by atoms with Crippen LogP contribution >= 0.6 is 11.6 Å². The minimum atomic E-state index is -0.729. The first-order chi connectivity index (χ1) is 13.0. The molecule has 2 aliphatic heterocycles. The van der Waals surface area contributed by atoms with E-state index in [1.54, 1.807) is 0 Å². The lowest BCUT2D eigenvalue weighted by molar-refractivity contribution is -0.145. The molecule has 0 unspecified atom stereocenters. The highest BCUT2D eigenvalue weighted by molar-refractivity contribution is 6.33. The molecule has 2 saturated heterocycles. The van der Waals surface area contributed by atoms with Crippen molar-refractivity contribution in [2.45, 2.75) is 63.1 Å². The molecule has 3 fully saturated rings. The monoisotopic (exact) mass is 393 g/mol. The zero-order valence-corrected chi connectivity index (χ0v) is 16.4. The van der Waals surface area contributed by atoms with E-state index in [2.05, 4.69) is 11.0 Å². The van der Waals surface area contributed by atoms with Crippen LogP contribution in [0.15, 0.2) is 18.2 Å². The first-order valence-corrected chi connectivity index (χ1v) is 10.5. The SMILES string of the molecule is O=C(O)C[C@H]1CCC2(CCN(c3cc(OC4CCC4)ccc3Cl)CC2)OC1. The molecule has 1 atom stereocenters. The number of ether oxygens (including phenoxy) is 2. The van der Waals surface area contributed by atoms with Crippen molar-refractivity contribution in [2.75, 3.05) is 24.6 Å². The molecule has 0 amide bonds. The van der Waals surface area contributed by atoms with Crippen LogP contribution in [0.4, 0.5) is 5.69 Å². The van der Waals surface area contributed by atoms with E-state index in [0.29, 0.717) is 12.7 Å². The van der Waals surface area contributed by atoms with Crippen molar-refractivity contribution < 1.29 is 19.4 Å². The third-order valence-corrected chi connectivity index (χ3v) is 6.70. The second-order valence-corrected chi connectivity index (χ2v) is 8.67. The van der Waals surface area contributed by atoms with Gasteiger partial charge in [-0.2, -0.15) is 0 Å². The molecule has 1 aromatic rings. The van der Waals surface area contributed by atoms with Gasteiger partial charge in [0.25, 0.3) is 0 Å². The zero-order valence-electron chi connectivity index (χ0n) is 15.7. The molecule has 0 aromatic heterocycles. The van der Waals surface area contributed by atoms with Crippen LogP contribution in [0.5, 0.6) is 5.75 Å². The van der Waals surface area contributed by atoms with E-state index in [9.17, 15) is 4.79 Å². The molecule has 1 saturated carbocycles. The second kappa shape index (κ2) is 7.88. The maximum absolute atomic E-state index is 10.9. The highest BCUT2D eigenvalue weighted by Gasteiger charge is 2.40. The number of hydrogen-bond donors (Lipinski definition) is 1. The van der Waals surface area contributed by atoms with Gasteiger partial charge < -0.3 is 19.5 Å². The third-order valence-electron chi connectivity index (χ3n) is 6.38. The van der Waals surface area contributed by atoms with Gasteiger partial charge in [-0.3, -0.25) is 4.79 Å². The number of anilines is 1. The summed E-state index contributed by atoms with van der Waals surface area (Å²) in [5.41, 5.74) is 0.959. The number of carboxylic acid groups (broad SMARTS) is 1. The van der Waals surface area contributed by atoms with Gasteiger partial charge in [-0.25, -0.2) is 0 Å². The Morgan fingerprint density at radius 3 is 2.63 bits per heavy atom. The smallest absolute Gasteiger partial charge is 0.303 e. The summed E-state index contributed by atoms with van der Waals surface area (Å²) in [5.74, 6) is 0.332. The summed E-state index contributed by atoms with van der Waals surface area (Å²) >= 11 is 6.47. The van der Waals surface area contributed by atoms with Crippen molar-refractivity contribution in [3.63, 3.8) is 0 Å². The normalized spacial score (nSPS) is 25.2. The Hall–Kier alpha value is -1.46. The van der Waals surface area contributed by atoms with Gasteiger partial charge in [0.1, 0.15) is 5.75 Å². The van der Waals surface area contributed by atoms with Gasteiger partial charge >= 0.3 is 5.97 Å². The van der Waals surface area contributed by atoms with Crippen molar-refractivity contribution in [1.82, 2.24) is 0 Å². The summed E-state index contributed by atoms with van der Waals surface area (Å²) in [7, 11) is 0.